The summed E-state index contributed by atoms with van der Waals surface area (Å²) >= 11 is 0. The number of hydrogen-bond acceptors (Lipinski definition) is 1. The van der Waals surface area contributed by atoms with E-state index in [-0.39, 0.29) is 5.41 Å². The highest BCUT2D eigenvalue weighted by atomic mass is 28.3. The van der Waals surface area contributed by atoms with Crippen LogP contribution in [0.25, 0.3) is 0 Å². The van der Waals surface area contributed by atoms with Gasteiger partial charge in [-0.25, -0.2) is 0 Å². The van der Waals surface area contributed by atoms with Crippen LogP contribution < -0.4 is 0 Å². The van der Waals surface area contributed by atoms with E-state index in [1.807, 2.05) is 18.2 Å². The summed E-state index contributed by atoms with van der Waals surface area (Å²) in [6.07, 6.45) is 0. The highest BCUT2D eigenvalue weighted by molar-refractivity contribution is 7.05. The van der Waals surface area contributed by atoms with E-state index in [4.69, 9.17) is 0 Å². The SMILES string of the molecule is CC(C)(C)c1ccccc1C(=O)[Si](C)(C)C. The molecule has 0 aliphatic carbocycles. The molecular weight excluding hydrogens is 212 g/mol. The highest BCUT2D eigenvalue weighted by Gasteiger charge is 2.29. The number of carbonyl (C=O) groups excluding carboxylic acids is 1. The minimum atomic E-state index is -1.75. The van der Waals surface area contributed by atoms with Crippen LogP contribution in [0.4, 0.5) is 0 Å². The van der Waals surface area contributed by atoms with Crippen molar-refractivity contribution in [1.29, 1.82) is 0 Å². The summed E-state index contributed by atoms with van der Waals surface area (Å²) in [5, 5.41) is 0.359. The molecule has 0 saturated carbocycles. The Kier molecular flexibility index (Phi) is 3.43. The van der Waals surface area contributed by atoms with Crippen molar-refractivity contribution in [3.63, 3.8) is 0 Å². The molecule has 1 aromatic rings. The third-order valence-corrected chi connectivity index (χ3v) is 4.29. The van der Waals surface area contributed by atoms with Crippen LogP contribution in [0.15, 0.2) is 24.3 Å². The van der Waals surface area contributed by atoms with Gasteiger partial charge in [0.15, 0.2) is 0 Å². The molecule has 0 fully saturated rings. The molecule has 0 spiro atoms. The molecule has 0 heterocycles. The van der Waals surface area contributed by atoms with Gasteiger partial charge < -0.3 is 4.79 Å². The summed E-state index contributed by atoms with van der Waals surface area (Å²) < 4.78 is 0. The first-order chi connectivity index (χ1) is 7.14. The van der Waals surface area contributed by atoms with Crippen molar-refractivity contribution in [2.45, 2.75) is 45.8 Å². The Morgan fingerprint density at radius 3 is 2.00 bits per heavy atom. The summed E-state index contributed by atoms with van der Waals surface area (Å²) in [6.45, 7) is 12.8. The van der Waals surface area contributed by atoms with Crippen molar-refractivity contribution in [2.24, 2.45) is 0 Å². The number of hydrogen-bond donors (Lipinski definition) is 0. The first-order valence-electron chi connectivity index (χ1n) is 5.78. The Balaban J connectivity index is 3.31. The predicted octanol–water partition coefficient (Wildman–Crippen LogP) is 4.04. The molecule has 0 bridgehead atoms. The van der Waals surface area contributed by atoms with E-state index in [2.05, 4.69) is 46.5 Å². The molecule has 0 aliphatic heterocycles. The van der Waals surface area contributed by atoms with Gasteiger partial charge in [0, 0.05) is 5.56 Å². The average Bonchev–Trinajstić information content (AvgIpc) is 2.14. The second-order valence-corrected chi connectivity index (χ2v) is 11.3. The molecule has 0 saturated heterocycles. The van der Waals surface area contributed by atoms with Crippen LogP contribution in [0.5, 0.6) is 0 Å². The average molecular weight is 234 g/mol. The molecule has 2 heteroatoms. The first kappa shape index (κ1) is 13.2. The van der Waals surface area contributed by atoms with Gasteiger partial charge in [-0.1, -0.05) is 64.7 Å². The molecule has 0 unspecified atom stereocenters. The van der Waals surface area contributed by atoms with Crippen molar-refractivity contribution in [3.05, 3.63) is 35.4 Å². The van der Waals surface area contributed by atoms with E-state index in [1.54, 1.807) is 0 Å². The second-order valence-electron chi connectivity index (χ2n) is 6.37. The predicted molar refractivity (Wildman–Crippen MR) is 72.8 cm³/mol. The van der Waals surface area contributed by atoms with Crippen molar-refractivity contribution < 1.29 is 4.79 Å². The molecule has 0 aliphatic rings. The summed E-state index contributed by atoms with van der Waals surface area (Å²) in [5.74, 6) is 0. The standard InChI is InChI=1S/C14H22OSi/c1-14(2,3)12-10-8-7-9-11(12)13(15)16(4,5)6/h7-10H,1-6H3. The van der Waals surface area contributed by atoms with Crippen LogP contribution in [-0.2, 0) is 5.41 Å². The lowest BCUT2D eigenvalue weighted by atomic mass is 9.84. The third kappa shape index (κ3) is 2.82. The molecule has 0 N–H and O–H groups in total. The fraction of sp³-hybridized carbons (Fsp3) is 0.500. The van der Waals surface area contributed by atoms with Gasteiger partial charge in [-0.2, -0.15) is 0 Å². The third-order valence-electron chi connectivity index (χ3n) is 2.66. The van der Waals surface area contributed by atoms with E-state index in [1.165, 1.54) is 5.56 Å². The van der Waals surface area contributed by atoms with Crippen molar-refractivity contribution >= 4 is 13.5 Å². The van der Waals surface area contributed by atoms with Gasteiger partial charge in [0.1, 0.15) is 13.5 Å². The van der Waals surface area contributed by atoms with E-state index in [9.17, 15) is 4.79 Å². The molecule has 0 atom stereocenters. The van der Waals surface area contributed by atoms with Crippen LogP contribution in [0, 0.1) is 0 Å². The fourth-order valence-corrected chi connectivity index (χ4v) is 2.77. The maximum absolute atomic E-state index is 12.4. The fourth-order valence-electron chi connectivity index (χ4n) is 1.74. The van der Waals surface area contributed by atoms with Gasteiger partial charge in [-0.05, 0) is 11.0 Å². The summed E-state index contributed by atoms with van der Waals surface area (Å²) in [6, 6.07) is 8.03. The molecule has 1 nitrogen and oxygen atoms in total. The number of benzene rings is 1. The zero-order chi connectivity index (χ0) is 12.6. The van der Waals surface area contributed by atoms with Crippen LogP contribution in [0.1, 0.15) is 36.7 Å². The lowest BCUT2D eigenvalue weighted by molar-refractivity contribution is 0.106. The highest BCUT2D eigenvalue weighted by Crippen LogP contribution is 2.27. The number of carbonyl (C=O) groups is 1. The molecule has 0 radical (unpaired) electrons. The smallest absolute Gasteiger partial charge is 0.140 e. The monoisotopic (exact) mass is 234 g/mol. The molecular formula is C14H22OSi. The van der Waals surface area contributed by atoms with Gasteiger partial charge in [0.05, 0.1) is 0 Å². The zero-order valence-corrected chi connectivity index (χ0v) is 12.2. The van der Waals surface area contributed by atoms with Crippen LogP contribution >= 0.6 is 0 Å². The van der Waals surface area contributed by atoms with E-state index in [0.717, 1.165) is 5.56 Å². The van der Waals surface area contributed by atoms with Crippen molar-refractivity contribution in [1.82, 2.24) is 0 Å². The quantitative estimate of drug-likeness (QED) is 0.706. The maximum Gasteiger partial charge on any atom is 0.140 e. The largest absolute Gasteiger partial charge is 0.300 e. The Labute approximate surface area is 99.9 Å². The van der Waals surface area contributed by atoms with Gasteiger partial charge in [0.2, 0.25) is 0 Å². The molecule has 88 valence electrons. The molecule has 16 heavy (non-hydrogen) atoms. The zero-order valence-electron chi connectivity index (χ0n) is 11.2. The van der Waals surface area contributed by atoms with Gasteiger partial charge in [-0.15, -0.1) is 0 Å². The summed E-state index contributed by atoms with van der Waals surface area (Å²) in [4.78, 5) is 12.4. The summed E-state index contributed by atoms with van der Waals surface area (Å²) in [7, 11) is -1.75. The Morgan fingerprint density at radius 2 is 1.56 bits per heavy atom. The lowest BCUT2D eigenvalue weighted by Gasteiger charge is -2.25. The minimum absolute atomic E-state index is 0.0336. The lowest BCUT2D eigenvalue weighted by Crippen LogP contribution is -2.35. The molecule has 0 aromatic heterocycles. The first-order valence-corrected chi connectivity index (χ1v) is 9.28. The van der Waals surface area contributed by atoms with Crippen LogP contribution in [-0.4, -0.2) is 13.5 Å². The molecule has 0 amide bonds. The molecule has 1 rings (SSSR count). The van der Waals surface area contributed by atoms with Gasteiger partial charge in [-0.3, -0.25) is 0 Å². The Bertz CT molecular complexity index is 394. The van der Waals surface area contributed by atoms with Gasteiger partial charge in [0.25, 0.3) is 0 Å². The van der Waals surface area contributed by atoms with Crippen LogP contribution in [0.3, 0.4) is 0 Å². The van der Waals surface area contributed by atoms with E-state index in [0.29, 0.717) is 5.41 Å². The van der Waals surface area contributed by atoms with E-state index >= 15 is 0 Å². The van der Waals surface area contributed by atoms with Crippen molar-refractivity contribution in [3.8, 4) is 0 Å². The van der Waals surface area contributed by atoms with E-state index < -0.39 is 8.07 Å². The maximum atomic E-state index is 12.4. The Morgan fingerprint density at radius 1 is 1.06 bits per heavy atom. The second kappa shape index (κ2) is 4.17. The normalized spacial score (nSPS) is 12.6. The Hall–Kier alpha value is -0.893. The summed E-state index contributed by atoms with van der Waals surface area (Å²) in [5.41, 5.74) is 2.13. The van der Waals surface area contributed by atoms with Crippen LogP contribution in [0.2, 0.25) is 19.6 Å². The van der Waals surface area contributed by atoms with Gasteiger partial charge >= 0.3 is 0 Å². The topological polar surface area (TPSA) is 17.1 Å². The molecule has 1 aromatic carbocycles. The number of rotatable bonds is 2. The minimum Gasteiger partial charge on any atom is -0.300 e. The van der Waals surface area contributed by atoms with Crippen molar-refractivity contribution in [2.75, 3.05) is 0 Å².